The number of ether oxygens (including phenoxy) is 1. The molecule has 0 radical (unpaired) electrons. The first-order valence-corrected chi connectivity index (χ1v) is 10.6. The van der Waals surface area contributed by atoms with E-state index in [1.54, 1.807) is 36.4 Å². The second-order valence-corrected chi connectivity index (χ2v) is 7.74. The van der Waals surface area contributed by atoms with Gasteiger partial charge in [-0.3, -0.25) is 14.5 Å². The summed E-state index contributed by atoms with van der Waals surface area (Å²) in [6.07, 6.45) is 2.37. The first-order valence-electron chi connectivity index (χ1n) is 10.6. The number of aryl methyl sites for hydroxylation is 1. The van der Waals surface area contributed by atoms with E-state index in [-0.39, 0.29) is 17.2 Å². The van der Waals surface area contributed by atoms with Crippen molar-refractivity contribution in [3.63, 3.8) is 0 Å². The van der Waals surface area contributed by atoms with Crippen LogP contribution in [0, 0.1) is 12.7 Å². The van der Waals surface area contributed by atoms with Gasteiger partial charge in [-0.1, -0.05) is 25.1 Å². The molecule has 1 aliphatic rings. The van der Waals surface area contributed by atoms with E-state index < -0.39 is 23.5 Å². The van der Waals surface area contributed by atoms with E-state index in [1.807, 2.05) is 13.8 Å². The van der Waals surface area contributed by atoms with Crippen molar-refractivity contribution in [2.75, 3.05) is 11.5 Å². The number of ketones is 1. The topological polar surface area (TPSA) is 79.7 Å². The molecule has 0 bridgehead atoms. The molecule has 33 heavy (non-hydrogen) atoms. The summed E-state index contributed by atoms with van der Waals surface area (Å²) in [7, 11) is 0. The molecular formula is C26H23FN2O4. The van der Waals surface area contributed by atoms with Gasteiger partial charge in [-0.05, 0) is 66.9 Å². The highest BCUT2D eigenvalue weighted by Crippen LogP contribution is 2.41. The van der Waals surface area contributed by atoms with Crippen LogP contribution in [0.1, 0.15) is 36.1 Å². The fraction of sp³-hybridized carbons (Fsp3) is 0.192. The number of aliphatic hydroxyl groups excluding tert-OH is 1. The smallest absolute Gasteiger partial charge is 0.301 e. The maximum atomic E-state index is 13.6. The number of aromatic nitrogens is 1. The van der Waals surface area contributed by atoms with Crippen molar-refractivity contribution in [2.24, 2.45) is 0 Å². The normalized spacial score (nSPS) is 17.4. The van der Waals surface area contributed by atoms with Crippen molar-refractivity contribution < 1.29 is 23.8 Å². The van der Waals surface area contributed by atoms with Crippen LogP contribution < -0.4 is 9.64 Å². The molecule has 168 valence electrons. The van der Waals surface area contributed by atoms with E-state index in [0.717, 1.165) is 12.0 Å². The van der Waals surface area contributed by atoms with Gasteiger partial charge in [-0.25, -0.2) is 9.37 Å². The first kappa shape index (κ1) is 22.2. The Morgan fingerprint density at radius 3 is 2.52 bits per heavy atom. The van der Waals surface area contributed by atoms with Gasteiger partial charge < -0.3 is 9.84 Å². The van der Waals surface area contributed by atoms with Crippen LogP contribution in [0.5, 0.6) is 5.75 Å². The zero-order chi connectivity index (χ0) is 23.5. The molecule has 1 saturated heterocycles. The van der Waals surface area contributed by atoms with Crippen molar-refractivity contribution in [3.8, 4) is 5.75 Å². The Morgan fingerprint density at radius 1 is 1.12 bits per heavy atom. The Labute approximate surface area is 191 Å². The van der Waals surface area contributed by atoms with Crippen LogP contribution in [-0.2, 0) is 9.59 Å². The highest BCUT2D eigenvalue weighted by atomic mass is 19.1. The van der Waals surface area contributed by atoms with Gasteiger partial charge >= 0.3 is 5.91 Å². The van der Waals surface area contributed by atoms with Crippen molar-refractivity contribution in [1.29, 1.82) is 0 Å². The average molecular weight is 446 g/mol. The van der Waals surface area contributed by atoms with Gasteiger partial charge in [0, 0.05) is 11.8 Å². The molecule has 2 aromatic carbocycles. The molecule has 1 unspecified atom stereocenters. The molecule has 6 nitrogen and oxygen atoms in total. The maximum Gasteiger partial charge on any atom is 0.301 e. The van der Waals surface area contributed by atoms with Gasteiger partial charge in [0.25, 0.3) is 5.78 Å². The fourth-order valence-corrected chi connectivity index (χ4v) is 3.85. The Morgan fingerprint density at radius 2 is 1.88 bits per heavy atom. The summed E-state index contributed by atoms with van der Waals surface area (Å²) in [5.41, 5.74) is 1.55. The Kier molecular flexibility index (Phi) is 6.22. The van der Waals surface area contributed by atoms with Gasteiger partial charge in [0.1, 0.15) is 23.1 Å². The summed E-state index contributed by atoms with van der Waals surface area (Å²) in [6.45, 7) is 4.41. The number of nitrogens with zero attached hydrogens (tertiary/aromatic N) is 2. The fourth-order valence-electron chi connectivity index (χ4n) is 3.85. The molecule has 2 heterocycles. The third-order valence-electron chi connectivity index (χ3n) is 5.44. The number of anilines is 1. The van der Waals surface area contributed by atoms with E-state index in [1.165, 1.54) is 35.4 Å². The van der Waals surface area contributed by atoms with Crippen molar-refractivity contribution in [3.05, 3.63) is 94.9 Å². The van der Waals surface area contributed by atoms with Gasteiger partial charge in [-0.2, -0.15) is 0 Å². The second kappa shape index (κ2) is 9.24. The van der Waals surface area contributed by atoms with E-state index >= 15 is 0 Å². The molecule has 1 aliphatic heterocycles. The Bertz CT molecular complexity index is 1220. The number of pyridine rings is 1. The maximum absolute atomic E-state index is 13.6. The van der Waals surface area contributed by atoms with Gasteiger partial charge in [-0.15, -0.1) is 0 Å². The lowest BCUT2D eigenvalue weighted by Gasteiger charge is -2.24. The van der Waals surface area contributed by atoms with Crippen LogP contribution in [0.2, 0.25) is 0 Å². The van der Waals surface area contributed by atoms with Crippen LogP contribution in [0.4, 0.5) is 10.2 Å². The number of hydrogen-bond acceptors (Lipinski definition) is 5. The molecule has 1 amide bonds. The quantitative estimate of drug-likeness (QED) is 0.329. The van der Waals surface area contributed by atoms with Crippen molar-refractivity contribution in [1.82, 2.24) is 4.98 Å². The predicted octanol–water partition coefficient (Wildman–Crippen LogP) is 4.94. The predicted molar refractivity (Wildman–Crippen MR) is 122 cm³/mol. The Balaban J connectivity index is 1.86. The zero-order valence-electron chi connectivity index (χ0n) is 18.3. The minimum absolute atomic E-state index is 0.0844. The summed E-state index contributed by atoms with van der Waals surface area (Å²) < 4.78 is 19.3. The van der Waals surface area contributed by atoms with E-state index in [4.69, 9.17) is 4.74 Å². The van der Waals surface area contributed by atoms with Crippen LogP contribution in [0.15, 0.2) is 72.4 Å². The highest BCUT2D eigenvalue weighted by Gasteiger charge is 2.47. The number of halogens is 1. The van der Waals surface area contributed by atoms with Crippen molar-refractivity contribution >= 4 is 23.3 Å². The minimum Gasteiger partial charge on any atom is -0.507 e. The van der Waals surface area contributed by atoms with Gasteiger partial charge in [0.2, 0.25) is 0 Å². The number of rotatable bonds is 6. The molecule has 7 heteroatoms. The summed E-state index contributed by atoms with van der Waals surface area (Å²) in [5, 5.41) is 11.2. The van der Waals surface area contributed by atoms with Gasteiger partial charge in [0.15, 0.2) is 0 Å². The largest absolute Gasteiger partial charge is 0.507 e. The van der Waals surface area contributed by atoms with Crippen LogP contribution in [-0.4, -0.2) is 28.4 Å². The third-order valence-corrected chi connectivity index (χ3v) is 5.44. The molecule has 0 spiro atoms. The number of Topliss-reactive ketones (excluding diaryl/α,β-unsaturated/α-hetero) is 1. The molecule has 3 aromatic rings. The minimum atomic E-state index is -0.961. The summed E-state index contributed by atoms with van der Waals surface area (Å²) in [6, 6.07) is 14.6. The molecule has 1 aromatic heterocycles. The highest BCUT2D eigenvalue weighted by molar-refractivity contribution is 6.51. The molecule has 0 saturated carbocycles. The molecule has 1 N–H and O–H groups in total. The van der Waals surface area contributed by atoms with Crippen LogP contribution in [0.3, 0.4) is 0 Å². The lowest BCUT2D eigenvalue weighted by molar-refractivity contribution is -0.132. The lowest BCUT2D eigenvalue weighted by Crippen LogP contribution is -2.30. The number of benzene rings is 2. The van der Waals surface area contributed by atoms with Crippen molar-refractivity contribution in [2.45, 2.75) is 26.3 Å². The monoisotopic (exact) mass is 446 g/mol. The molecule has 0 aliphatic carbocycles. The number of aliphatic hydroxyl groups is 1. The lowest BCUT2D eigenvalue weighted by atomic mass is 9.94. The summed E-state index contributed by atoms with van der Waals surface area (Å²) >= 11 is 0. The first-order chi connectivity index (χ1) is 15.9. The van der Waals surface area contributed by atoms with E-state index in [2.05, 4.69) is 4.98 Å². The van der Waals surface area contributed by atoms with E-state index in [9.17, 15) is 19.1 Å². The van der Waals surface area contributed by atoms with Crippen LogP contribution in [0.25, 0.3) is 5.76 Å². The molecular weight excluding hydrogens is 423 g/mol. The molecule has 1 atom stereocenters. The second-order valence-electron chi connectivity index (χ2n) is 7.74. The van der Waals surface area contributed by atoms with Crippen LogP contribution >= 0.6 is 0 Å². The van der Waals surface area contributed by atoms with Gasteiger partial charge in [0.05, 0.1) is 18.2 Å². The van der Waals surface area contributed by atoms with E-state index in [0.29, 0.717) is 23.5 Å². The Hall–Kier alpha value is -4.00. The standard InChI is InChI=1S/C26H23FN2O4/c1-3-14-33-20-12-9-18(15-16(20)2)24(30)22-23(17-7-10-19(27)11-8-17)29(26(32)25(22)31)21-6-4-5-13-28-21/h4-13,15,23,30H,3,14H2,1-2H3/b24-22+. The zero-order valence-corrected chi connectivity index (χ0v) is 18.3. The number of carbonyl (C=O) groups excluding carboxylic acids is 2. The SMILES string of the molecule is CCCOc1ccc(/C(O)=C2\C(=O)C(=O)N(c3ccccn3)C2c2ccc(F)cc2)cc1C. The number of carbonyl (C=O) groups is 2. The summed E-state index contributed by atoms with van der Waals surface area (Å²) in [5.74, 6) is -1.48. The molecule has 1 fully saturated rings. The summed E-state index contributed by atoms with van der Waals surface area (Å²) in [4.78, 5) is 31.6. The number of hydrogen-bond donors (Lipinski definition) is 1. The average Bonchev–Trinajstić information content (AvgIpc) is 3.09. The third kappa shape index (κ3) is 4.22. The number of amides is 1. The molecule has 4 rings (SSSR count).